The first-order valence-electron chi connectivity index (χ1n) is 14.7. The molecule has 2 aliphatic heterocycles. The molecular weight excluding hydrogens is 535 g/mol. The SMILES string of the molecule is CC(C)COc1ccc(CN2C(=O)COC3(CCN(C(=O)OCc4ccccc4)CC3)C2Cc2ccc(F)cc2)cc1. The quantitative estimate of drug-likeness (QED) is 0.314. The summed E-state index contributed by atoms with van der Waals surface area (Å²) in [4.78, 5) is 29.8. The Balaban J connectivity index is 1.31. The fraction of sp³-hybridized carbons (Fsp3) is 0.412. The van der Waals surface area contributed by atoms with Crippen molar-refractivity contribution >= 4 is 12.0 Å². The fourth-order valence-corrected chi connectivity index (χ4v) is 5.69. The van der Waals surface area contributed by atoms with Gasteiger partial charge in [-0.25, -0.2) is 9.18 Å². The third-order valence-corrected chi connectivity index (χ3v) is 8.06. The Morgan fingerprint density at radius 3 is 2.29 bits per heavy atom. The molecule has 1 unspecified atom stereocenters. The number of carbonyl (C=O) groups is 2. The minimum atomic E-state index is -0.640. The van der Waals surface area contributed by atoms with Gasteiger partial charge in [-0.3, -0.25) is 4.79 Å². The maximum absolute atomic E-state index is 13.7. The molecule has 5 rings (SSSR count). The molecule has 0 aliphatic carbocycles. The molecule has 8 heteroatoms. The van der Waals surface area contributed by atoms with Crippen LogP contribution in [0.5, 0.6) is 5.75 Å². The lowest BCUT2D eigenvalue weighted by atomic mass is 9.79. The second kappa shape index (κ2) is 13.4. The van der Waals surface area contributed by atoms with Gasteiger partial charge in [-0.1, -0.05) is 68.4 Å². The van der Waals surface area contributed by atoms with Crippen molar-refractivity contribution in [2.24, 2.45) is 5.92 Å². The highest BCUT2D eigenvalue weighted by molar-refractivity contribution is 5.79. The molecule has 1 spiro atoms. The number of hydrogen-bond donors (Lipinski definition) is 0. The average molecular weight is 575 g/mol. The molecule has 3 aromatic rings. The van der Waals surface area contributed by atoms with Crippen molar-refractivity contribution in [2.75, 3.05) is 26.3 Å². The Labute approximate surface area is 247 Å². The zero-order chi connectivity index (χ0) is 29.5. The second-order valence-corrected chi connectivity index (χ2v) is 11.6. The van der Waals surface area contributed by atoms with Crippen LogP contribution in [0, 0.1) is 11.7 Å². The van der Waals surface area contributed by atoms with E-state index in [1.54, 1.807) is 17.0 Å². The van der Waals surface area contributed by atoms with E-state index in [4.69, 9.17) is 14.2 Å². The van der Waals surface area contributed by atoms with Gasteiger partial charge in [-0.15, -0.1) is 0 Å². The highest BCUT2D eigenvalue weighted by Crippen LogP contribution is 2.38. The number of likely N-dealkylation sites (tertiary alicyclic amines) is 1. The minimum absolute atomic E-state index is 0.0199. The van der Waals surface area contributed by atoms with Crippen LogP contribution in [0.15, 0.2) is 78.9 Å². The largest absolute Gasteiger partial charge is 0.493 e. The molecule has 2 fully saturated rings. The topological polar surface area (TPSA) is 68.3 Å². The van der Waals surface area contributed by atoms with E-state index in [1.165, 1.54) is 12.1 Å². The van der Waals surface area contributed by atoms with Crippen LogP contribution in [-0.4, -0.2) is 59.7 Å². The summed E-state index contributed by atoms with van der Waals surface area (Å²) in [6.45, 7) is 6.38. The van der Waals surface area contributed by atoms with Crippen LogP contribution in [0.3, 0.4) is 0 Å². The first-order chi connectivity index (χ1) is 20.3. The molecular formula is C34H39FN2O5. The Hall–Kier alpha value is -3.91. The van der Waals surface area contributed by atoms with Crippen molar-refractivity contribution < 1.29 is 28.2 Å². The third kappa shape index (κ3) is 7.29. The lowest BCUT2D eigenvalue weighted by Crippen LogP contribution is -2.65. The Morgan fingerprint density at radius 1 is 0.952 bits per heavy atom. The zero-order valence-corrected chi connectivity index (χ0v) is 24.3. The lowest BCUT2D eigenvalue weighted by molar-refractivity contribution is -0.189. The first-order valence-corrected chi connectivity index (χ1v) is 14.7. The van der Waals surface area contributed by atoms with Crippen molar-refractivity contribution in [3.8, 4) is 5.75 Å². The molecule has 3 aromatic carbocycles. The molecule has 2 amide bonds. The number of benzene rings is 3. The van der Waals surface area contributed by atoms with Gasteiger partial charge >= 0.3 is 6.09 Å². The molecule has 0 saturated carbocycles. The van der Waals surface area contributed by atoms with Crippen molar-refractivity contribution in [1.82, 2.24) is 9.80 Å². The van der Waals surface area contributed by atoms with Gasteiger partial charge in [0.05, 0.1) is 18.2 Å². The van der Waals surface area contributed by atoms with E-state index in [0.717, 1.165) is 22.4 Å². The van der Waals surface area contributed by atoms with Gasteiger partial charge in [0.15, 0.2) is 0 Å². The molecule has 1 atom stereocenters. The number of carbonyl (C=O) groups excluding carboxylic acids is 2. The molecule has 0 radical (unpaired) electrons. The zero-order valence-electron chi connectivity index (χ0n) is 24.3. The number of hydrogen-bond acceptors (Lipinski definition) is 5. The molecule has 7 nitrogen and oxygen atoms in total. The van der Waals surface area contributed by atoms with E-state index >= 15 is 0 Å². The van der Waals surface area contributed by atoms with Gasteiger partial charge in [0.1, 0.15) is 24.8 Å². The van der Waals surface area contributed by atoms with E-state index in [-0.39, 0.29) is 37.1 Å². The summed E-state index contributed by atoms with van der Waals surface area (Å²) in [7, 11) is 0. The molecule has 0 N–H and O–H groups in total. The average Bonchev–Trinajstić information content (AvgIpc) is 3.01. The summed E-state index contributed by atoms with van der Waals surface area (Å²) in [5.41, 5.74) is 2.20. The molecule has 2 heterocycles. The molecule has 2 saturated heterocycles. The summed E-state index contributed by atoms with van der Waals surface area (Å²) in [6.07, 6.45) is 1.28. The van der Waals surface area contributed by atoms with Crippen molar-refractivity contribution in [1.29, 1.82) is 0 Å². The van der Waals surface area contributed by atoms with Gasteiger partial charge in [-0.05, 0) is 66.1 Å². The number of ether oxygens (including phenoxy) is 3. The maximum atomic E-state index is 13.7. The molecule has 0 bridgehead atoms. The number of nitrogens with zero attached hydrogens (tertiary/aromatic N) is 2. The summed E-state index contributed by atoms with van der Waals surface area (Å²) in [5.74, 6) is 0.837. The Morgan fingerprint density at radius 2 is 1.62 bits per heavy atom. The maximum Gasteiger partial charge on any atom is 0.410 e. The van der Waals surface area contributed by atoms with Crippen LogP contribution in [0.2, 0.25) is 0 Å². The normalized spacial score (nSPS) is 18.4. The molecule has 2 aliphatic rings. The third-order valence-electron chi connectivity index (χ3n) is 8.06. The van der Waals surface area contributed by atoms with Gasteiger partial charge in [0.2, 0.25) is 5.91 Å². The molecule has 222 valence electrons. The van der Waals surface area contributed by atoms with E-state index in [0.29, 0.717) is 51.4 Å². The second-order valence-electron chi connectivity index (χ2n) is 11.6. The first kappa shape index (κ1) is 29.6. The van der Waals surface area contributed by atoms with E-state index < -0.39 is 5.60 Å². The predicted molar refractivity (Wildman–Crippen MR) is 157 cm³/mol. The summed E-state index contributed by atoms with van der Waals surface area (Å²) >= 11 is 0. The fourth-order valence-electron chi connectivity index (χ4n) is 5.69. The summed E-state index contributed by atoms with van der Waals surface area (Å²) in [6, 6.07) is 23.6. The van der Waals surface area contributed by atoms with Gasteiger partial charge in [0, 0.05) is 19.6 Å². The van der Waals surface area contributed by atoms with E-state index in [2.05, 4.69) is 13.8 Å². The van der Waals surface area contributed by atoms with Crippen molar-refractivity contribution in [3.05, 3.63) is 101 Å². The molecule has 0 aromatic heterocycles. The van der Waals surface area contributed by atoms with Gasteiger partial charge in [0.25, 0.3) is 0 Å². The number of halogens is 1. The number of piperidine rings is 1. The highest BCUT2D eigenvalue weighted by atomic mass is 19.1. The van der Waals surface area contributed by atoms with E-state index in [1.807, 2.05) is 59.5 Å². The van der Waals surface area contributed by atoms with E-state index in [9.17, 15) is 14.0 Å². The molecule has 42 heavy (non-hydrogen) atoms. The monoisotopic (exact) mass is 574 g/mol. The number of amides is 2. The van der Waals surface area contributed by atoms with Crippen molar-refractivity contribution in [2.45, 2.75) is 57.9 Å². The van der Waals surface area contributed by atoms with Crippen LogP contribution < -0.4 is 4.74 Å². The number of morpholine rings is 1. The summed E-state index contributed by atoms with van der Waals surface area (Å²) in [5, 5.41) is 0. The van der Waals surface area contributed by atoms with Crippen LogP contribution in [-0.2, 0) is 33.8 Å². The predicted octanol–water partition coefficient (Wildman–Crippen LogP) is 6.00. The van der Waals surface area contributed by atoms with Crippen LogP contribution in [0.25, 0.3) is 0 Å². The van der Waals surface area contributed by atoms with Crippen molar-refractivity contribution in [3.63, 3.8) is 0 Å². The smallest absolute Gasteiger partial charge is 0.410 e. The Kier molecular flexibility index (Phi) is 9.42. The van der Waals surface area contributed by atoms with Crippen LogP contribution >= 0.6 is 0 Å². The standard InChI is InChI=1S/C34H39FN2O5/c1-25(2)22-40-30-14-10-27(11-15-30)21-37-31(20-26-8-12-29(35)13-9-26)34(42-24-32(37)38)16-18-36(19-17-34)33(39)41-23-28-6-4-3-5-7-28/h3-15,25,31H,16-24H2,1-2H3. The van der Waals surface area contributed by atoms with Crippen LogP contribution in [0.4, 0.5) is 9.18 Å². The van der Waals surface area contributed by atoms with Crippen LogP contribution in [0.1, 0.15) is 43.4 Å². The lowest BCUT2D eigenvalue weighted by Gasteiger charge is -2.52. The number of rotatable bonds is 9. The van der Waals surface area contributed by atoms with Gasteiger partial charge < -0.3 is 24.0 Å². The minimum Gasteiger partial charge on any atom is -0.493 e. The highest BCUT2D eigenvalue weighted by Gasteiger charge is 2.50. The Bertz CT molecular complexity index is 1320. The van der Waals surface area contributed by atoms with Gasteiger partial charge in [-0.2, -0.15) is 0 Å². The summed E-state index contributed by atoms with van der Waals surface area (Å²) < 4.78 is 31.5.